The molecule has 24 heavy (non-hydrogen) atoms. The number of benzene rings is 1. The van der Waals surface area contributed by atoms with Crippen molar-refractivity contribution in [1.29, 1.82) is 0 Å². The van der Waals surface area contributed by atoms with E-state index in [2.05, 4.69) is 0 Å². The molecule has 1 aromatic carbocycles. The minimum Gasteiger partial charge on any atom is -0.479 e. The molecule has 0 spiro atoms. The summed E-state index contributed by atoms with van der Waals surface area (Å²) in [5.74, 6) is -1.22. The van der Waals surface area contributed by atoms with E-state index in [9.17, 15) is 19.8 Å². The number of hydrogen-bond acceptors (Lipinski definition) is 5. The van der Waals surface area contributed by atoms with Crippen LogP contribution < -0.4 is 0 Å². The Kier molecular flexibility index (Phi) is 4.29. The molecule has 0 radical (unpaired) electrons. The summed E-state index contributed by atoms with van der Waals surface area (Å²) in [7, 11) is 0. The van der Waals surface area contributed by atoms with Crippen LogP contribution in [-0.2, 0) is 25.5 Å². The van der Waals surface area contributed by atoms with Gasteiger partial charge < -0.3 is 19.7 Å². The lowest BCUT2D eigenvalue weighted by Gasteiger charge is -2.40. The average molecular weight is 333 g/mol. The quantitative estimate of drug-likeness (QED) is 0.593. The SMILES string of the molecule is CC(O)OC/C=C1\O[C@@H]2CC(=O)N2[C@@]1(Cc1ccccc1)C(=O)O. The third-order valence-corrected chi connectivity index (χ3v) is 4.25. The van der Waals surface area contributed by atoms with Crippen LogP contribution in [0.5, 0.6) is 0 Å². The van der Waals surface area contributed by atoms with Gasteiger partial charge in [0, 0.05) is 6.42 Å². The maximum Gasteiger partial charge on any atom is 0.338 e. The molecule has 7 nitrogen and oxygen atoms in total. The van der Waals surface area contributed by atoms with Crippen molar-refractivity contribution >= 4 is 11.9 Å². The zero-order valence-corrected chi connectivity index (χ0v) is 13.2. The predicted octanol–water partition coefficient (Wildman–Crippen LogP) is 0.880. The Morgan fingerprint density at radius 3 is 2.79 bits per heavy atom. The molecule has 7 heteroatoms. The molecule has 128 valence electrons. The lowest BCUT2D eigenvalue weighted by molar-refractivity contribution is -0.170. The first-order valence-electron chi connectivity index (χ1n) is 7.71. The van der Waals surface area contributed by atoms with E-state index in [0.29, 0.717) is 0 Å². The Morgan fingerprint density at radius 1 is 1.50 bits per heavy atom. The summed E-state index contributed by atoms with van der Waals surface area (Å²) in [5.41, 5.74) is -0.796. The second-order valence-electron chi connectivity index (χ2n) is 5.87. The third-order valence-electron chi connectivity index (χ3n) is 4.25. The van der Waals surface area contributed by atoms with Crippen LogP contribution in [0.4, 0.5) is 0 Å². The summed E-state index contributed by atoms with van der Waals surface area (Å²) in [6, 6.07) is 9.09. The minimum absolute atomic E-state index is 0.00836. The Bertz CT molecular complexity index is 671. The summed E-state index contributed by atoms with van der Waals surface area (Å²) in [6.07, 6.45) is 0.213. The number of carboxylic acid groups (broad SMARTS) is 1. The molecule has 2 aliphatic heterocycles. The van der Waals surface area contributed by atoms with Gasteiger partial charge in [-0.1, -0.05) is 30.3 Å². The summed E-state index contributed by atoms with van der Waals surface area (Å²) < 4.78 is 10.7. The van der Waals surface area contributed by atoms with Crippen LogP contribution in [0.3, 0.4) is 0 Å². The number of hydrogen-bond donors (Lipinski definition) is 2. The first kappa shape index (κ1) is 16.5. The van der Waals surface area contributed by atoms with Crippen molar-refractivity contribution in [3.8, 4) is 0 Å². The van der Waals surface area contributed by atoms with Gasteiger partial charge in [-0.3, -0.25) is 9.69 Å². The zero-order valence-electron chi connectivity index (χ0n) is 13.2. The fraction of sp³-hybridized carbons (Fsp3) is 0.412. The predicted molar refractivity (Wildman–Crippen MR) is 82.6 cm³/mol. The van der Waals surface area contributed by atoms with E-state index in [1.807, 2.05) is 30.3 Å². The fourth-order valence-electron chi connectivity index (χ4n) is 3.13. The number of amides is 1. The molecule has 3 atom stereocenters. The number of fused-ring (bicyclic) bond motifs is 1. The lowest BCUT2D eigenvalue weighted by atomic mass is 9.85. The van der Waals surface area contributed by atoms with E-state index >= 15 is 0 Å². The Balaban J connectivity index is 1.97. The first-order chi connectivity index (χ1) is 11.4. The van der Waals surface area contributed by atoms with Gasteiger partial charge in [0.15, 0.2) is 12.5 Å². The van der Waals surface area contributed by atoms with Crippen molar-refractivity contribution in [3.63, 3.8) is 0 Å². The maximum absolute atomic E-state index is 12.2. The molecule has 0 bridgehead atoms. The second kappa shape index (κ2) is 6.26. The van der Waals surface area contributed by atoms with Crippen LogP contribution in [0, 0.1) is 0 Å². The monoisotopic (exact) mass is 333 g/mol. The number of aliphatic hydroxyl groups is 1. The normalized spacial score (nSPS) is 28.2. The highest BCUT2D eigenvalue weighted by Crippen LogP contribution is 2.46. The molecule has 2 heterocycles. The molecule has 1 aromatic rings. The van der Waals surface area contributed by atoms with Crippen LogP contribution in [-0.4, -0.2) is 51.7 Å². The van der Waals surface area contributed by atoms with Crippen molar-refractivity contribution in [1.82, 2.24) is 4.90 Å². The maximum atomic E-state index is 12.2. The Morgan fingerprint density at radius 2 is 2.21 bits per heavy atom. The van der Waals surface area contributed by atoms with Crippen LogP contribution in [0.15, 0.2) is 42.2 Å². The molecule has 1 unspecified atom stereocenters. The van der Waals surface area contributed by atoms with Crippen molar-refractivity contribution in [2.75, 3.05) is 6.61 Å². The molecule has 0 aliphatic carbocycles. The summed E-state index contributed by atoms with van der Waals surface area (Å²) in [6.45, 7) is 1.45. The fourth-order valence-corrected chi connectivity index (χ4v) is 3.13. The number of ether oxygens (including phenoxy) is 2. The molecular weight excluding hydrogens is 314 g/mol. The summed E-state index contributed by atoms with van der Waals surface area (Å²) in [4.78, 5) is 25.5. The van der Waals surface area contributed by atoms with Gasteiger partial charge in [-0.15, -0.1) is 0 Å². The largest absolute Gasteiger partial charge is 0.479 e. The number of carbonyl (C=O) groups is 2. The van der Waals surface area contributed by atoms with E-state index in [0.717, 1.165) is 5.56 Å². The Labute approximate surface area is 139 Å². The molecule has 0 aromatic heterocycles. The van der Waals surface area contributed by atoms with Gasteiger partial charge in [0.2, 0.25) is 11.4 Å². The van der Waals surface area contributed by atoms with E-state index in [1.54, 1.807) is 0 Å². The molecular formula is C17H19NO6. The second-order valence-corrected chi connectivity index (χ2v) is 5.87. The van der Waals surface area contributed by atoms with Crippen LogP contribution in [0.2, 0.25) is 0 Å². The van der Waals surface area contributed by atoms with Gasteiger partial charge in [-0.05, 0) is 18.6 Å². The zero-order chi connectivity index (χ0) is 17.3. The molecule has 3 rings (SSSR count). The number of aliphatic carboxylic acids is 1. The Hall–Kier alpha value is -2.38. The number of rotatable bonds is 6. The highest BCUT2D eigenvalue weighted by atomic mass is 16.6. The molecule has 1 amide bonds. The van der Waals surface area contributed by atoms with Crippen LogP contribution in [0.1, 0.15) is 18.9 Å². The van der Waals surface area contributed by atoms with Gasteiger partial charge in [0.1, 0.15) is 5.76 Å². The number of nitrogens with zero attached hydrogens (tertiary/aromatic N) is 1. The molecule has 0 saturated carbocycles. The molecule has 2 saturated heterocycles. The van der Waals surface area contributed by atoms with E-state index in [4.69, 9.17) is 9.47 Å². The van der Waals surface area contributed by atoms with Crippen molar-refractivity contribution in [3.05, 3.63) is 47.7 Å². The van der Waals surface area contributed by atoms with Crippen molar-refractivity contribution < 1.29 is 29.3 Å². The summed E-state index contributed by atoms with van der Waals surface area (Å²) >= 11 is 0. The highest BCUT2D eigenvalue weighted by molar-refractivity contribution is 5.94. The van der Waals surface area contributed by atoms with Gasteiger partial charge in [-0.2, -0.15) is 0 Å². The van der Waals surface area contributed by atoms with Crippen LogP contribution in [0.25, 0.3) is 0 Å². The lowest BCUT2D eigenvalue weighted by Crippen LogP contribution is -2.63. The van der Waals surface area contributed by atoms with Gasteiger partial charge in [0.25, 0.3) is 0 Å². The van der Waals surface area contributed by atoms with E-state index < -0.39 is 24.0 Å². The van der Waals surface area contributed by atoms with Gasteiger partial charge in [-0.25, -0.2) is 4.79 Å². The molecule has 2 fully saturated rings. The van der Waals surface area contributed by atoms with Crippen molar-refractivity contribution in [2.24, 2.45) is 0 Å². The van der Waals surface area contributed by atoms with E-state index in [1.165, 1.54) is 17.9 Å². The van der Waals surface area contributed by atoms with Crippen molar-refractivity contribution in [2.45, 2.75) is 37.8 Å². The minimum atomic E-state index is -1.58. The number of carboxylic acids is 1. The molecule has 2 N–H and O–H groups in total. The number of β-lactam (4-membered cyclic amide) rings is 1. The molecule has 2 aliphatic rings. The summed E-state index contributed by atoms with van der Waals surface area (Å²) in [5, 5.41) is 19.1. The van der Waals surface area contributed by atoms with Gasteiger partial charge >= 0.3 is 5.97 Å². The topological polar surface area (TPSA) is 96.3 Å². The van der Waals surface area contributed by atoms with E-state index in [-0.39, 0.29) is 31.1 Å². The number of aliphatic hydroxyl groups excluding tert-OH is 1. The smallest absolute Gasteiger partial charge is 0.338 e. The van der Waals surface area contributed by atoms with Gasteiger partial charge in [0.05, 0.1) is 13.0 Å². The standard InChI is InChI=1S/C17H19NO6/c1-11(19)23-8-7-13-17(16(21)22,10-12-5-3-2-4-6-12)18-14(20)9-15(18)24-13/h2-7,11,15,19H,8-10H2,1H3,(H,21,22)/b13-7-/t11?,15-,17-/m1/s1. The average Bonchev–Trinajstić information content (AvgIpc) is 2.77. The first-order valence-corrected chi connectivity index (χ1v) is 7.71. The third kappa shape index (κ3) is 2.65. The number of carbonyl (C=O) groups excluding carboxylic acids is 1. The highest BCUT2D eigenvalue weighted by Gasteiger charge is 2.64. The van der Waals surface area contributed by atoms with Crippen LogP contribution >= 0.6 is 0 Å².